The van der Waals surface area contributed by atoms with Crippen molar-refractivity contribution < 1.29 is 10.0 Å². The van der Waals surface area contributed by atoms with E-state index in [0.717, 1.165) is 10.4 Å². The number of benzene rings is 2. The minimum absolute atomic E-state index is 0.0519. The van der Waals surface area contributed by atoms with E-state index >= 15 is 0 Å². The molecule has 0 saturated heterocycles. The number of thiazole rings is 1. The number of non-ortho nitro benzene ring substituents is 1. The molecule has 2 aromatic carbocycles. The fourth-order valence-electron chi connectivity index (χ4n) is 1.93. The number of aromatic hydroxyl groups is 1. The highest BCUT2D eigenvalue weighted by Gasteiger charge is 2.07. The Hall–Kier alpha value is -3.06. The van der Waals surface area contributed by atoms with Crippen LogP contribution < -0.4 is 0 Å². The van der Waals surface area contributed by atoms with Crippen molar-refractivity contribution in [1.29, 1.82) is 0 Å². The summed E-state index contributed by atoms with van der Waals surface area (Å²) < 4.78 is 0. The maximum atomic E-state index is 10.7. The maximum Gasteiger partial charge on any atom is 0.269 e. The molecule has 0 aliphatic carbocycles. The number of para-hydroxylation sites is 1. The van der Waals surface area contributed by atoms with Crippen LogP contribution in [-0.4, -0.2) is 21.2 Å². The van der Waals surface area contributed by atoms with Crippen LogP contribution in [0, 0.1) is 10.1 Å². The molecule has 3 aromatic rings. The van der Waals surface area contributed by atoms with E-state index in [0.29, 0.717) is 10.7 Å². The van der Waals surface area contributed by atoms with Crippen LogP contribution in [0.4, 0.5) is 10.8 Å². The zero-order valence-electron chi connectivity index (χ0n) is 11.8. The Labute approximate surface area is 135 Å². The monoisotopic (exact) mass is 325 g/mol. The fraction of sp³-hybridized carbons (Fsp3) is 0. The van der Waals surface area contributed by atoms with Gasteiger partial charge in [0.05, 0.1) is 9.80 Å². The van der Waals surface area contributed by atoms with Crippen LogP contribution in [0.15, 0.2) is 59.7 Å². The van der Waals surface area contributed by atoms with E-state index in [2.05, 4.69) is 9.98 Å². The van der Waals surface area contributed by atoms with Gasteiger partial charge in [0, 0.05) is 30.1 Å². The van der Waals surface area contributed by atoms with Crippen LogP contribution >= 0.6 is 11.3 Å². The van der Waals surface area contributed by atoms with Gasteiger partial charge in [-0.3, -0.25) is 10.1 Å². The highest BCUT2D eigenvalue weighted by molar-refractivity contribution is 7.18. The summed E-state index contributed by atoms with van der Waals surface area (Å²) in [5.74, 6) is 0.156. The van der Waals surface area contributed by atoms with Crippen LogP contribution in [0.5, 0.6) is 5.75 Å². The van der Waals surface area contributed by atoms with Gasteiger partial charge in [-0.2, -0.15) is 0 Å². The summed E-state index contributed by atoms with van der Waals surface area (Å²) in [6, 6.07) is 13.2. The largest absolute Gasteiger partial charge is 0.507 e. The Morgan fingerprint density at radius 3 is 2.61 bits per heavy atom. The molecule has 0 saturated carbocycles. The summed E-state index contributed by atoms with van der Waals surface area (Å²) in [4.78, 5) is 19.5. The molecule has 0 atom stereocenters. The van der Waals surface area contributed by atoms with Gasteiger partial charge in [0.15, 0.2) is 0 Å². The molecule has 0 aliphatic rings. The summed E-state index contributed by atoms with van der Waals surface area (Å²) in [5, 5.41) is 20.9. The Morgan fingerprint density at radius 2 is 1.91 bits per heavy atom. The molecule has 1 heterocycles. The first-order chi connectivity index (χ1) is 11.1. The van der Waals surface area contributed by atoms with Crippen molar-refractivity contribution in [2.45, 2.75) is 0 Å². The molecule has 7 heteroatoms. The van der Waals surface area contributed by atoms with Gasteiger partial charge in [-0.1, -0.05) is 23.5 Å². The normalized spacial score (nSPS) is 11.0. The Balaban J connectivity index is 1.80. The second-order valence-electron chi connectivity index (χ2n) is 4.63. The zero-order chi connectivity index (χ0) is 16.2. The summed E-state index contributed by atoms with van der Waals surface area (Å²) in [7, 11) is 0. The molecule has 0 fully saturated rings. The molecular formula is C16H11N3O3S. The molecule has 0 aliphatic heterocycles. The lowest BCUT2D eigenvalue weighted by Gasteiger charge is -1.96. The molecule has 0 radical (unpaired) electrons. The number of phenols is 1. The summed E-state index contributed by atoms with van der Waals surface area (Å²) in [6.45, 7) is 0. The second-order valence-corrected chi connectivity index (χ2v) is 5.64. The minimum Gasteiger partial charge on any atom is -0.507 e. The zero-order valence-corrected chi connectivity index (χ0v) is 12.6. The predicted octanol–water partition coefficient (Wildman–Crippen LogP) is 4.17. The predicted molar refractivity (Wildman–Crippen MR) is 89.6 cm³/mol. The average Bonchev–Trinajstić information content (AvgIpc) is 3.03. The Morgan fingerprint density at radius 1 is 1.17 bits per heavy atom. The third-order valence-corrected chi connectivity index (χ3v) is 4.06. The van der Waals surface area contributed by atoms with Crippen molar-refractivity contribution >= 4 is 28.4 Å². The first-order valence-electron chi connectivity index (χ1n) is 6.66. The van der Waals surface area contributed by atoms with Crippen LogP contribution in [0.2, 0.25) is 0 Å². The lowest BCUT2D eigenvalue weighted by atomic mass is 10.2. The number of nitrogens with zero attached hydrogens (tertiary/aromatic N) is 3. The highest BCUT2D eigenvalue weighted by atomic mass is 32.1. The molecule has 0 unspecified atom stereocenters. The molecule has 0 amide bonds. The smallest absolute Gasteiger partial charge is 0.269 e. The highest BCUT2D eigenvalue weighted by Crippen LogP contribution is 2.31. The van der Waals surface area contributed by atoms with Gasteiger partial charge in [0.2, 0.25) is 5.13 Å². The standard InChI is InChI=1S/C16H11N3O3S/c20-14-4-2-1-3-12(14)9-17-16-18-10-15(23-16)11-5-7-13(8-6-11)19(21)22/h1-10,20H/b17-9+. The molecule has 114 valence electrons. The van der Waals surface area contributed by atoms with E-state index in [1.54, 1.807) is 42.7 Å². The van der Waals surface area contributed by atoms with Gasteiger partial charge >= 0.3 is 0 Å². The molecule has 1 N–H and O–H groups in total. The third kappa shape index (κ3) is 3.41. The molecule has 1 aromatic heterocycles. The number of aliphatic imine (C=N–C) groups is 1. The molecule has 0 bridgehead atoms. The first kappa shape index (κ1) is 14.9. The summed E-state index contributed by atoms with van der Waals surface area (Å²) in [6.07, 6.45) is 3.22. The maximum absolute atomic E-state index is 10.7. The molecular weight excluding hydrogens is 314 g/mol. The molecule has 0 spiro atoms. The molecule has 23 heavy (non-hydrogen) atoms. The van der Waals surface area contributed by atoms with Gasteiger partial charge in [-0.05, 0) is 29.8 Å². The number of phenolic OH excluding ortho intramolecular Hbond substituents is 1. The van der Waals surface area contributed by atoms with Gasteiger partial charge in [0.1, 0.15) is 5.75 Å². The van der Waals surface area contributed by atoms with E-state index in [4.69, 9.17) is 0 Å². The van der Waals surface area contributed by atoms with E-state index in [1.165, 1.54) is 23.5 Å². The quantitative estimate of drug-likeness (QED) is 0.443. The minimum atomic E-state index is -0.432. The van der Waals surface area contributed by atoms with E-state index in [1.807, 2.05) is 6.07 Å². The number of hydrogen-bond acceptors (Lipinski definition) is 6. The Kier molecular flexibility index (Phi) is 4.11. The van der Waals surface area contributed by atoms with E-state index in [-0.39, 0.29) is 11.4 Å². The summed E-state index contributed by atoms with van der Waals surface area (Å²) in [5.41, 5.74) is 1.51. The van der Waals surface area contributed by atoms with Gasteiger partial charge in [-0.25, -0.2) is 9.98 Å². The number of rotatable bonds is 4. The van der Waals surface area contributed by atoms with Crippen LogP contribution in [-0.2, 0) is 0 Å². The van der Waals surface area contributed by atoms with Crippen LogP contribution in [0.25, 0.3) is 10.4 Å². The van der Waals surface area contributed by atoms with E-state index < -0.39 is 4.92 Å². The number of hydrogen-bond donors (Lipinski definition) is 1. The van der Waals surface area contributed by atoms with Crippen molar-refractivity contribution in [3.63, 3.8) is 0 Å². The van der Waals surface area contributed by atoms with Crippen LogP contribution in [0.3, 0.4) is 0 Å². The molecule has 3 rings (SSSR count). The van der Waals surface area contributed by atoms with Gasteiger partial charge in [-0.15, -0.1) is 0 Å². The summed E-state index contributed by atoms with van der Waals surface area (Å²) >= 11 is 1.36. The van der Waals surface area contributed by atoms with Crippen molar-refractivity contribution in [3.8, 4) is 16.2 Å². The van der Waals surface area contributed by atoms with Crippen LogP contribution in [0.1, 0.15) is 5.56 Å². The SMILES string of the molecule is O=[N+]([O-])c1ccc(-c2cnc(/N=C/c3ccccc3O)s2)cc1. The van der Waals surface area contributed by atoms with Crippen molar-refractivity contribution in [3.05, 3.63) is 70.4 Å². The number of aromatic nitrogens is 1. The number of nitro benzene ring substituents is 1. The Bertz CT molecular complexity index is 872. The van der Waals surface area contributed by atoms with Crippen molar-refractivity contribution in [2.75, 3.05) is 0 Å². The van der Waals surface area contributed by atoms with E-state index in [9.17, 15) is 15.2 Å². The third-order valence-electron chi connectivity index (χ3n) is 3.11. The van der Waals surface area contributed by atoms with Gasteiger partial charge in [0.25, 0.3) is 5.69 Å². The fourth-order valence-corrected chi connectivity index (χ4v) is 2.69. The van der Waals surface area contributed by atoms with Gasteiger partial charge < -0.3 is 5.11 Å². The topological polar surface area (TPSA) is 88.6 Å². The number of nitro groups is 1. The van der Waals surface area contributed by atoms with Crippen molar-refractivity contribution in [2.24, 2.45) is 4.99 Å². The lowest BCUT2D eigenvalue weighted by molar-refractivity contribution is -0.384. The van der Waals surface area contributed by atoms with Crippen molar-refractivity contribution in [1.82, 2.24) is 4.98 Å². The second kappa shape index (κ2) is 6.37. The average molecular weight is 325 g/mol. The molecule has 6 nitrogen and oxygen atoms in total. The lowest BCUT2D eigenvalue weighted by Crippen LogP contribution is -1.86. The first-order valence-corrected chi connectivity index (χ1v) is 7.48.